The summed E-state index contributed by atoms with van der Waals surface area (Å²) < 4.78 is 7.73. The normalized spacial score (nSPS) is 17.3. The summed E-state index contributed by atoms with van der Waals surface area (Å²) >= 11 is 0. The molecular formula is C13H17N3O. The van der Waals surface area contributed by atoms with Gasteiger partial charge in [-0.05, 0) is 38.8 Å². The van der Waals surface area contributed by atoms with Crippen LogP contribution < -0.4 is 10.5 Å². The summed E-state index contributed by atoms with van der Waals surface area (Å²) in [5, 5.41) is 0. The van der Waals surface area contributed by atoms with Gasteiger partial charge in [0.25, 0.3) is 0 Å². The van der Waals surface area contributed by atoms with Crippen molar-refractivity contribution in [2.24, 2.45) is 0 Å². The van der Waals surface area contributed by atoms with E-state index in [0.717, 1.165) is 16.8 Å². The highest BCUT2D eigenvalue weighted by Crippen LogP contribution is 2.46. The molecule has 0 aliphatic heterocycles. The van der Waals surface area contributed by atoms with Crippen molar-refractivity contribution in [2.45, 2.75) is 32.2 Å². The van der Waals surface area contributed by atoms with Crippen LogP contribution >= 0.6 is 0 Å². The molecule has 2 aromatic rings. The van der Waals surface area contributed by atoms with E-state index in [4.69, 9.17) is 10.5 Å². The summed E-state index contributed by atoms with van der Waals surface area (Å²) in [6.45, 7) is 4.84. The molecule has 2 N–H and O–H groups in total. The standard InChI is InChI=1S/C13H17N3O/c1-3-17-10-6-4-5-9-11(10)15-12(14)16(9)13(2)7-8-13/h4-6H,3,7-8H2,1-2H3,(H2,14,15). The van der Waals surface area contributed by atoms with E-state index in [2.05, 4.69) is 22.5 Å². The van der Waals surface area contributed by atoms with Crippen LogP contribution in [0.3, 0.4) is 0 Å². The van der Waals surface area contributed by atoms with Crippen molar-refractivity contribution in [3.8, 4) is 5.75 Å². The van der Waals surface area contributed by atoms with Crippen LogP contribution in [0.15, 0.2) is 18.2 Å². The number of hydrogen-bond acceptors (Lipinski definition) is 3. The molecule has 1 aliphatic carbocycles. The first-order chi connectivity index (χ1) is 8.15. The fourth-order valence-electron chi connectivity index (χ4n) is 2.34. The Bertz CT molecular complexity index is 569. The number of aromatic nitrogens is 2. The fourth-order valence-corrected chi connectivity index (χ4v) is 2.34. The predicted molar refractivity (Wildman–Crippen MR) is 68.2 cm³/mol. The molecule has 1 aromatic heterocycles. The zero-order valence-electron chi connectivity index (χ0n) is 10.2. The molecule has 0 unspecified atom stereocenters. The molecule has 0 atom stereocenters. The number of ether oxygens (including phenoxy) is 1. The van der Waals surface area contributed by atoms with E-state index in [9.17, 15) is 0 Å². The van der Waals surface area contributed by atoms with Gasteiger partial charge < -0.3 is 15.0 Å². The molecule has 0 bridgehead atoms. The third-order valence-electron chi connectivity index (χ3n) is 3.49. The molecule has 0 saturated heterocycles. The van der Waals surface area contributed by atoms with Crippen molar-refractivity contribution in [1.82, 2.24) is 9.55 Å². The van der Waals surface area contributed by atoms with Crippen molar-refractivity contribution < 1.29 is 4.74 Å². The number of hydrogen-bond donors (Lipinski definition) is 1. The Balaban J connectivity index is 2.24. The minimum atomic E-state index is 0.156. The highest BCUT2D eigenvalue weighted by Gasteiger charge is 2.41. The summed E-state index contributed by atoms with van der Waals surface area (Å²) in [5.74, 6) is 1.41. The van der Waals surface area contributed by atoms with Crippen LogP contribution in [-0.4, -0.2) is 16.2 Å². The van der Waals surface area contributed by atoms with Gasteiger partial charge in [-0.1, -0.05) is 6.07 Å². The number of nitrogens with two attached hydrogens (primary N) is 1. The average Bonchev–Trinajstić information content (AvgIpc) is 2.91. The van der Waals surface area contributed by atoms with Crippen molar-refractivity contribution >= 4 is 17.0 Å². The maximum absolute atomic E-state index is 6.04. The maximum atomic E-state index is 6.04. The van der Waals surface area contributed by atoms with E-state index in [0.29, 0.717) is 12.6 Å². The molecule has 3 rings (SSSR count). The lowest BCUT2D eigenvalue weighted by Crippen LogP contribution is -2.14. The first-order valence-electron chi connectivity index (χ1n) is 6.06. The zero-order valence-corrected chi connectivity index (χ0v) is 10.2. The van der Waals surface area contributed by atoms with E-state index in [1.807, 2.05) is 19.1 Å². The van der Waals surface area contributed by atoms with E-state index in [1.54, 1.807) is 0 Å². The maximum Gasteiger partial charge on any atom is 0.201 e. The molecule has 0 amide bonds. The number of imidazole rings is 1. The van der Waals surface area contributed by atoms with Crippen LogP contribution in [0.1, 0.15) is 26.7 Å². The number of para-hydroxylation sites is 1. The second kappa shape index (κ2) is 3.39. The van der Waals surface area contributed by atoms with Crippen LogP contribution in [-0.2, 0) is 5.54 Å². The molecule has 1 saturated carbocycles. The Morgan fingerprint density at radius 1 is 1.47 bits per heavy atom. The summed E-state index contributed by atoms with van der Waals surface area (Å²) in [7, 11) is 0. The number of nitrogen functional groups attached to an aromatic ring is 1. The predicted octanol–water partition coefficient (Wildman–Crippen LogP) is 2.53. The Morgan fingerprint density at radius 3 is 2.88 bits per heavy atom. The Kier molecular flexibility index (Phi) is 2.08. The lowest BCUT2D eigenvalue weighted by atomic mass is 10.2. The molecular weight excluding hydrogens is 214 g/mol. The second-order valence-corrected chi connectivity index (χ2v) is 4.86. The van der Waals surface area contributed by atoms with Crippen molar-refractivity contribution in [1.29, 1.82) is 0 Å². The van der Waals surface area contributed by atoms with Gasteiger partial charge in [-0.25, -0.2) is 4.98 Å². The van der Waals surface area contributed by atoms with Crippen LogP contribution in [0.25, 0.3) is 11.0 Å². The molecule has 1 heterocycles. The number of fused-ring (bicyclic) bond motifs is 1. The van der Waals surface area contributed by atoms with Gasteiger partial charge >= 0.3 is 0 Å². The largest absolute Gasteiger partial charge is 0.492 e. The molecule has 4 heteroatoms. The van der Waals surface area contributed by atoms with E-state index < -0.39 is 0 Å². The van der Waals surface area contributed by atoms with Gasteiger partial charge in [0, 0.05) is 5.54 Å². The first kappa shape index (κ1) is 10.4. The minimum Gasteiger partial charge on any atom is -0.492 e. The smallest absolute Gasteiger partial charge is 0.201 e. The number of rotatable bonds is 3. The highest BCUT2D eigenvalue weighted by atomic mass is 16.5. The lowest BCUT2D eigenvalue weighted by molar-refractivity contribution is 0.343. The van der Waals surface area contributed by atoms with Crippen LogP contribution in [0.4, 0.5) is 5.95 Å². The second-order valence-electron chi connectivity index (χ2n) is 4.86. The van der Waals surface area contributed by atoms with Crippen molar-refractivity contribution in [2.75, 3.05) is 12.3 Å². The topological polar surface area (TPSA) is 53.1 Å². The van der Waals surface area contributed by atoms with Crippen molar-refractivity contribution in [3.63, 3.8) is 0 Å². The van der Waals surface area contributed by atoms with Gasteiger partial charge in [-0.3, -0.25) is 0 Å². The van der Waals surface area contributed by atoms with E-state index >= 15 is 0 Å². The first-order valence-corrected chi connectivity index (χ1v) is 6.06. The molecule has 0 spiro atoms. The Morgan fingerprint density at radius 2 is 2.24 bits per heavy atom. The number of anilines is 1. The summed E-state index contributed by atoms with van der Waals surface area (Å²) in [6, 6.07) is 6.00. The zero-order chi connectivity index (χ0) is 12.0. The van der Waals surface area contributed by atoms with Crippen molar-refractivity contribution in [3.05, 3.63) is 18.2 Å². The van der Waals surface area contributed by atoms with E-state index in [1.165, 1.54) is 12.8 Å². The monoisotopic (exact) mass is 231 g/mol. The third kappa shape index (κ3) is 1.47. The van der Waals surface area contributed by atoms with Gasteiger partial charge in [0.1, 0.15) is 11.3 Å². The molecule has 4 nitrogen and oxygen atoms in total. The minimum absolute atomic E-state index is 0.156. The number of benzene rings is 1. The summed E-state index contributed by atoms with van der Waals surface area (Å²) in [4.78, 5) is 4.45. The van der Waals surface area contributed by atoms with Gasteiger partial charge in [-0.15, -0.1) is 0 Å². The number of nitrogens with zero attached hydrogens (tertiary/aromatic N) is 2. The fraction of sp³-hybridized carbons (Fsp3) is 0.462. The quantitative estimate of drug-likeness (QED) is 0.883. The Labute approximate surface area is 100 Å². The summed E-state index contributed by atoms with van der Waals surface area (Å²) in [5.41, 5.74) is 8.15. The van der Waals surface area contributed by atoms with E-state index in [-0.39, 0.29) is 5.54 Å². The lowest BCUT2D eigenvalue weighted by Gasteiger charge is -2.13. The third-order valence-corrected chi connectivity index (χ3v) is 3.49. The Hall–Kier alpha value is -1.71. The van der Waals surface area contributed by atoms with Gasteiger partial charge in [0.05, 0.1) is 12.1 Å². The average molecular weight is 231 g/mol. The molecule has 0 radical (unpaired) electrons. The molecule has 1 aromatic carbocycles. The van der Waals surface area contributed by atoms with Crippen LogP contribution in [0, 0.1) is 0 Å². The van der Waals surface area contributed by atoms with Gasteiger partial charge in [0.2, 0.25) is 5.95 Å². The van der Waals surface area contributed by atoms with Gasteiger partial charge in [0.15, 0.2) is 0 Å². The highest BCUT2D eigenvalue weighted by molar-refractivity contribution is 5.84. The molecule has 1 fully saturated rings. The molecule has 17 heavy (non-hydrogen) atoms. The van der Waals surface area contributed by atoms with Gasteiger partial charge in [-0.2, -0.15) is 0 Å². The SMILES string of the molecule is CCOc1cccc2c1nc(N)n2C1(C)CC1. The molecule has 1 aliphatic rings. The summed E-state index contributed by atoms with van der Waals surface area (Å²) in [6.07, 6.45) is 2.34. The van der Waals surface area contributed by atoms with Crippen LogP contribution in [0.5, 0.6) is 5.75 Å². The van der Waals surface area contributed by atoms with Crippen LogP contribution in [0.2, 0.25) is 0 Å². The molecule has 90 valence electrons.